The number of aromatic nitrogens is 1. The molecule has 2 heterocycles. The number of amides is 1. The summed E-state index contributed by atoms with van der Waals surface area (Å²) in [7, 11) is 0. The van der Waals surface area contributed by atoms with Crippen LogP contribution in [0.4, 0.5) is 0 Å². The molecule has 2 atom stereocenters. The van der Waals surface area contributed by atoms with Gasteiger partial charge in [-0.05, 0) is 25.1 Å². The zero-order valence-electron chi connectivity index (χ0n) is 9.60. The minimum absolute atomic E-state index is 0. The molecule has 1 amide bonds. The SMILES string of the molecule is Cl.O=C(N[C@@H]1CCNC[C@H]1O)c1ccc(Cl)cn1. The first-order chi connectivity index (χ1) is 8.16. The summed E-state index contributed by atoms with van der Waals surface area (Å²) in [4.78, 5) is 15.7. The highest BCUT2D eigenvalue weighted by molar-refractivity contribution is 6.30. The second-order valence-electron chi connectivity index (χ2n) is 4.00. The number of nitrogens with zero attached hydrogens (tertiary/aromatic N) is 1. The highest BCUT2D eigenvalue weighted by Crippen LogP contribution is 2.08. The fourth-order valence-electron chi connectivity index (χ4n) is 1.76. The quantitative estimate of drug-likeness (QED) is 0.746. The molecule has 1 aromatic heterocycles. The third kappa shape index (κ3) is 3.81. The van der Waals surface area contributed by atoms with Crippen LogP contribution in [0.5, 0.6) is 0 Å². The molecule has 18 heavy (non-hydrogen) atoms. The molecule has 0 saturated carbocycles. The number of carbonyl (C=O) groups is 1. The van der Waals surface area contributed by atoms with Gasteiger partial charge in [0.05, 0.1) is 17.2 Å². The van der Waals surface area contributed by atoms with Gasteiger partial charge in [0.25, 0.3) is 5.91 Å². The van der Waals surface area contributed by atoms with Gasteiger partial charge in [-0.3, -0.25) is 4.79 Å². The van der Waals surface area contributed by atoms with Crippen molar-refractivity contribution in [2.45, 2.75) is 18.6 Å². The van der Waals surface area contributed by atoms with Crippen LogP contribution in [0, 0.1) is 0 Å². The fraction of sp³-hybridized carbons (Fsp3) is 0.455. The van der Waals surface area contributed by atoms with E-state index in [1.807, 2.05) is 0 Å². The Bertz CT molecular complexity index is 400. The van der Waals surface area contributed by atoms with Crippen LogP contribution in [0.15, 0.2) is 18.3 Å². The van der Waals surface area contributed by atoms with Crippen LogP contribution in [-0.2, 0) is 0 Å². The summed E-state index contributed by atoms with van der Waals surface area (Å²) in [6.07, 6.45) is 1.58. The van der Waals surface area contributed by atoms with Crippen molar-refractivity contribution in [1.82, 2.24) is 15.6 Å². The van der Waals surface area contributed by atoms with Gasteiger partial charge >= 0.3 is 0 Å². The zero-order chi connectivity index (χ0) is 12.3. The van der Waals surface area contributed by atoms with Gasteiger partial charge in [0.1, 0.15) is 5.69 Å². The van der Waals surface area contributed by atoms with Crippen molar-refractivity contribution >= 4 is 29.9 Å². The van der Waals surface area contributed by atoms with Crippen molar-refractivity contribution in [2.75, 3.05) is 13.1 Å². The van der Waals surface area contributed by atoms with Crippen LogP contribution in [0.1, 0.15) is 16.9 Å². The van der Waals surface area contributed by atoms with E-state index < -0.39 is 6.10 Å². The standard InChI is InChI=1S/C11H14ClN3O2.ClH/c12-7-1-2-9(14-5-7)11(17)15-8-3-4-13-6-10(8)16;/h1-2,5,8,10,13,16H,3-4,6H2,(H,15,17);1H/t8-,10-;/m1./s1. The van der Waals surface area contributed by atoms with E-state index in [1.54, 1.807) is 12.1 Å². The topological polar surface area (TPSA) is 74.2 Å². The molecule has 1 aliphatic rings. The molecule has 0 radical (unpaired) electrons. The average Bonchev–Trinajstić information content (AvgIpc) is 2.33. The number of halogens is 2. The minimum atomic E-state index is -0.556. The lowest BCUT2D eigenvalue weighted by Gasteiger charge is -2.28. The molecule has 0 spiro atoms. The van der Waals surface area contributed by atoms with Gasteiger partial charge < -0.3 is 15.7 Å². The van der Waals surface area contributed by atoms with Crippen LogP contribution in [0.3, 0.4) is 0 Å². The highest BCUT2D eigenvalue weighted by atomic mass is 35.5. The van der Waals surface area contributed by atoms with Crippen molar-refractivity contribution in [1.29, 1.82) is 0 Å². The molecule has 5 nitrogen and oxygen atoms in total. The molecule has 0 unspecified atom stereocenters. The maximum Gasteiger partial charge on any atom is 0.270 e. The molecule has 0 aromatic carbocycles. The van der Waals surface area contributed by atoms with Crippen molar-refractivity contribution in [3.05, 3.63) is 29.0 Å². The molecule has 1 fully saturated rings. The molecule has 0 aliphatic carbocycles. The molecular weight excluding hydrogens is 277 g/mol. The summed E-state index contributed by atoms with van der Waals surface area (Å²) in [5.74, 6) is -0.285. The second-order valence-corrected chi connectivity index (χ2v) is 4.44. The van der Waals surface area contributed by atoms with Gasteiger partial charge in [-0.2, -0.15) is 0 Å². The third-order valence-electron chi connectivity index (χ3n) is 2.73. The summed E-state index contributed by atoms with van der Waals surface area (Å²) in [6, 6.07) is 2.95. The lowest BCUT2D eigenvalue weighted by molar-refractivity contribution is 0.0761. The highest BCUT2D eigenvalue weighted by Gasteiger charge is 2.24. The van der Waals surface area contributed by atoms with E-state index >= 15 is 0 Å². The summed E-state index contributed by atoms with van der Waals surface area (Å²) < 4.78 is 0. The molecule has 1 aliphatic heterocycles. The fourth-order valence-corrected chi connectivity index (χ4v) is 1.87. The second kappa shape index (κ2) is 6.89. The third-order valence-corrected chi connectivity index (χ3v) is 2.95. The minimum Gasteiger partial charge on any atom is -0.390 e. The number of aliphatic hydroxyl groups excluding tert-OH is 1. The van der Waals surface area contributed by atoms with E-state index in [-0.39, 0.29) is 24.4 Å². The van der Waals surface area contributed by atoms with Crippen LogP contribution in [0.25, 0.3) is 0 Å². The Balaban J connectivity index is 0.00000162. The maximum atomic E-state index is 11.8. The van der Waals surface area contributed by atoms with E-state index in [1.165, 1.54) is 6.20 Å². The summed E-state index contributed by atoms with van der Waals surface area (Å²) in [5.41, 5.74) is 0.306. The Labute approximate surface area is 116 Å². The van der Waals surface area contributed by atoms with Crippen LogP contribution in [-0.4, -0.2) is 41.2 Å². The van der Waals surface area contributed by atoms with Gasteiger partial charge in [-0.1, -0.05) is 11.6 Å². The summed E-state index contributed by atoms with van der Waals surface area (Å²) in [6.45, 7) is 1.29. The van der Waals surface area contributed by atoms with Gasteiger partial charge in [0.2, 0.25) is 0 Å². The van der Waals surface area contributed by atoms with Crippen LogP contribution >= 0.6 is 24.0 Å². The Kier molecular flexibility index (Phi) is 5.81. The van der Waals surface area contributed by atoms with Gasteiger partial charge in [-0.15, -0.1) is 12.4 Å². The maximum absolute atomic E-state index is 11.8. The molecule has 2 rings (SSSR count). The number of hydrogen-bond acceptors (Lipinski definition) is 4. The number of pyridine rings is 1. The summed E-state index contributed by atoms with van der Waals surface area (Å²) in [5, 5.41) is 16.0. The van der Waals surface area contributed by atoms with E-state index in [0.717, 1.165) is 6.54 Å². The first-order valence-electron chi connectivity index (χ1n) is 5.48. The molecule has 1 saturated heterocycles. The number of rotatable bonds is 2. The first kappa shape index (κ1) is 15.2. The molecule has 3 N–H and O–H groups in total. The molecular formula is C11H15Cl2N3O2. The Morgan fingerprint density at radius 2 is 2.33 bits per heavy atom. The number of aliphatic hydroxyl groups is 1. The number of nitrogens with one attached hydrogen (secondary N) is 2. The molecule has 7 heteroatoms. The van der Waals surface area contributed by atoms with E-state index in [4.69, 9.17) is 11.6 Å². The predicted octanol–water partition coefficient (Wildman–Crippen LogP) is 0.609. The van der Waals surface area contributed by atoms with Crippen molar-refractivity contribution in [2.24, 2.45) is 0 Å². The van der Waals surface area contributed by atoms with Crippen molar-refractivity contribution in [3.8, 4) is 0 Å². The Morgan fingerprint density at radius 3 is 2.94 bits per heavy atom. The Hall–Kier alpha value is -0.880. The van der Waals surface area contributed by atoms with Crippen LogP contribution < -0.4 is 10.6 Å². The molecule has 100 valence electrons. The van der Waals surface area contributed by atoms with Crippen molar-refractivity contribution in [3.63, 3.8) is 0 Å². The predicted molar refractivity (Wildman–Crippen MR) is 71.2 cm³/mol. The monoisotopic (exact) mass is 291 g/mol. The number of carbonyl (C=O) groups excluding carboxylic acids is 1. The van der Waals surface area contributed by atoms with Gasteiger partial charge in [0.15, 0.2) is 0 Å². The Morgan fingerprint density at radius 1 is 1.56 bits per heavy atom. The van der Waals surface area contributed by atoms with Crippen molar-refractivity contribution < 1.29 is 9.90 Å². The van der Waals surface area contributed by atoms with Crippen LogP contribution in [0.2, 0.25) is 5.02 Å². The first-order valence-corrected chi connectivity index (χ1v) is 5.86. The number of piperidine rings is 1. The molecule has 1 aromatic rings. The largest absolute Gasteiger partial charge is 0.390 e. The van der Waals surface area contributed by atoms with Gasteiger partial charge in [-0.25, -0.2) is 4.98 Å². The lowest BCUT2D eigenvalue weighted by Crippen LogP contribution is -2.52. The average molecular weight is 292 g/mol. The molecule has 0 bridgehead atoms. The van der Waals surface area contributed by atoms with E-state index in [0.29, 0.717) is 23.7 Å². The zero-order valence-corrected chi connectivity index (χ0v) is 11.2. The van der Waals surface area contributed by atoms with E-state index in [2.05, 4.69) is 15.6 Å². The number of hydrogen-bond donors (Lipinski definition) is 3. The normalized spacial score (nSPS) is 23.0. The number of β-amino-alcohol motifs (C(OH)–C–C–N with tert-alkyl or cyclic N) is 1. The smallest absolute Gasteiger partial charge is 0.270 e. The summed E-state index contributed by atoms with van der Waals surface area (Å²) >= 11 is 5.69. The van der Waals surface area contributed by atoms with Gasteiger partial charge in [0, 0.05) is 12.7 Å². The van der Waals surface area contributed by atoms with E-state index in [9.17, 15) is 9.90 Å². The lowest BCUT2D eigenvalue weighted by atomic mass is 10.0.